The lowest BCUT2D eigenvalue weighted by molar-refractivity contribution is -0.139. The first kappa shape index (κ1) is 13.1. The third-order valence-electron chi connectivity index (χ3n) is 4.26. The van der Waals surface area contributed by atoms with Crippen molar-refractivity contribution in [2.24, 2.45) is 10.8 Å². The second-order valence-corrected chi connectivity index (χ2v) is 6.80. The Morgan fingerprint density at radius 2 is 1.61 bits per heavy atom. The number of likely N-dealkylation sites (tertiary alicyclic amines) is 1. The Balaban J connectivity index is 2.47. The number of carbonyl (C=O) groups excluding carboxylic acids is 2. The van der Waals surface area contributed by atoms with Crippen LogP contribution in [-0.4, -0.2) is 28.7 Å². The molecule has 0 saturated carbocycles. The summed E-state index contributed by atoms with van der Waals surface area (Å²) in [5.74, 6) is 0.150. The molecule has 3 nitrogen and oxygen atoms in total. The molecule has 0 bridgehead atoms. The zero-order chi connectivity index (χ0) is 13.8. The normalized spacial score (nSPS) is 25.3. The van der Waals surface area contributed by atoms with Gasteiger partial charge in [-0.2, -0.15) is 0 Å². The quantitative estimate of drug-likeness (QED) is 0.659. The fourth-order valence-electron chi connectivity index (χ4n) is 2.70. The topological polar surface area (TPSA) is 37.4 Å². The Kier molecular flexibility index (Phi) is 2.58. The van der Waals surface area contributed by atoms with Crippen LogP contribution in [0.5, 0.6) is 0 Å². The lowest BCUT2D eigenvalue weighted by atomic mass is 9.66. The van der Waals surface area contributed by atoms with Gasteiger partial charge in [0.25, 0.3) is 0 Å². The van der Waals surface area contributed by atoms with E-state index >= 15 is 0 Å². The number of rotatable bonds is 0. The van der Waals surface area contributed by atoms with Gasteiger partial charge in [-0.05, 0) is 46.8 Å². The minimum absolute atomic E-state index is 0.00178. The molecule has 98 valence electrons. The SMILES string of the molecule is CC(C)(C)N1CC2(C=CC(=O)C=C2)C(C)(C)C1=O. The van der Waals surface area contributed by atoms with E-state index in [-0.39, 0.29) is 22.6 Å². The minimum Gasteiger partial charge on any atom is -0.336 e. The molecule has 1 fully saturated rings. The summed E-state index contributed by atoms with van der Waals surface area (Å²) in [5, 5.41) is 0. The molecule has 0 aromatic heterocycles. The molecule has 0 unspecified atom stereocenters. The lowest BCUT2D eigenvalue weighted by Crippen LogP contribution is -2.44. The number of hydrogen-bond donors (Lipinski definition) is 0. The van der Waals surface area contributed by atoms with Crippen molar-refractivity contribution in [1.82, 2.24) is 4.90 Å². The predicted molar refractivity (Wildman–Crippen MR) is 71.0 cm³/mol. The molecule has 1 heterocycles. The molecule has 0 atom stereocenters. The van der Waals surface area contributed by atoms with Gasteiger partial charge in [0.2, 0.25) is 5.91 Å². The van der Waals surface area contributed by atoms with Crippen molar-refractivity contribution in [2.45, 2.75) is 40.2 Å². The van der Waals surface area contributed by atoms with Gasteiger partial charge in [0.15, 0.2) is 5.78 Å². The van der Waals surface area contributed by atoms with Crippen molar-refractivity contribution in [3.05, 3.63) is 24.3 Å². The Hall–Kier alpha value is -1.38. The molecular weight excluding hydrogens is 226 g/mol. The van der Waals surface area contributed by atoms with Crippen LogP contribution >= 0.6 is 0 Å². The number of allylic oxidation sites excluding steroid dienone is 2. The fourth-order valence-corrected chi connectivity index (χ4v) is 2.70. The molecule has 0 aromatic carbocycles. The Morgan fingerprint density at radius 1 is 1.11 bits per heavy atom. The van der Waals surface area contributed by atoms with E-state index in [1.807, 2.05) is 51.7 Å². The molecular formula is C15H21NO2. The number of nitrogens with zero attached hydrogens (tertiary/aromatic N) is 1. The highest BCUT2D eigenvalue weighted by Gasteiger charge is 2.57. The second kappa shape index (κ2) is 3.56. The molecule has 0 N–H and O–H groups in total. The number of ketones is 1. The summed E-state index contributed by atoms with van der Waals surface area (Å²) in [6.07, 6.45) is 6.97. The summed E-state index contributed by atoms with van der Waals surface area (Å²) in [7, 11) is 0. The summed E-state index contributed by atoms with van der Waals surface area (Å²) in [6.45, 7) is 10.7. The number of hydrogen-bond acceptors (Lipinski definition) is 2. The summed E-state index contributed by atoms with van der Waals surface area (Å²) < 4.78 is 0. The molecule has 18 heavy (non-hydrogen) atoms. The molecule has 1 aliphatic carbocycles. The lowest BCUT2D eigenvalue weighted by Gasteiger charge is -2.34. The van der Waals surface area contributed by atoms with Crippen LogP contribution in [0, 0.1) is 10.8 Å². The van der Waals surface area contributed by atoms with Crippen LogP contribution in [0.3, 0.4) is 0 Å². The second-order valence-electron chi connectivity index (χ2n) is 6.80. The summed E-state index contributed by atoms with van der Waals surface area (Å²) >= 11 is 0. The zero-order valence-electron chi connectivity index (χ0n) is 11.8. The Bertz CT molecular complexity index is 447. The number of carbonyl (C=O) groups is 2. The first-order valence-corrected chi connectivity index (χ1v) is 6.35. The first-order chi connectivity index (χ1) is 8.10. The van der Waals surface area contributed by atoms with E-state index in [9.17, 15) is 9.59 Å². The smallest absolute Gasteiger partial charge is 0.229 e. The van der Waals surface area contributed by atoms with E-state index in [1.165, 1.54) is 0 Å². The van der Waals surface area contributed by atoms with Crippen LogP contribution in [-0.2, 0) is 9.59 Å². The molecule has 1 spiro atoms. The molecule has 1 amide bonds. The van der Waals surface area contributed by atoms with Crippen LogP contribution in [0.2, 0.25) is 0 Å². The van der Waals surface area contributed by atoms with Gasteiger partial charge in [-0.15, -0.1) is 0 Å². The first-order valence-electron chi connectivity index (χ1n) is 6.35. The highest BCUT2D eigenvalue weighted by molar-refractivity contribution is 6.01. The van der Waals surface area contributed by atoms with Crippen LogP contribution in [0.15, 0.2) is 24.3 Å². The maximum atomic E-state index is 12.6. The summed E-state index contributed by atoms with van der Waals surface area (Å²) in [5.41, 5.74) is -1.06. The van der Waals surface area contributed by atoms with Crippen molar-refractivity contribution in [3.63, 3.8) is 0 Å². The van der Waals surface area contributed by atoms with Crippen molar-refractivity contribution in [2.75, 3.05) is 6.54 Å². The van der Waals surface area contributed by atoms with Gasteiger partial charge in [-0.3, -0.25) is 9.59 Å². The van der Waals surface area contributed by atoms with Gasteiger partial charge in [0, 0.05) is 17.5 Å². The predicted octanol–water partition coefficient (Wildman–Crippen LogP) is 2.33. The van der Waals surface area contributed by atoms with Gasteiger partial charge in [0.1, 0.15) is 0 Å². The molecule has 0 radical (unpaired) electrons. The van der Waals surface area contributed by atoms with Gasteiger partial charge in [-0.25, -0.2) is 0 Å². The van der Waals surface area contributed by atoms with Crippen molar-refractivity contribution >= 4 is 11.7 Å². The van der Waals surface area contributed by atoms with Crippen LogP contribution in [0.1, 0.15) is 34.6 Å². The average Bonchev–Trinajstić information content (AvgIpc) is 2.44. The van der Waals surface area contributed by atoms with E-state index in [0.717, 1.165) is 0 Å². The molecule has 2 aliphatic rings. The van der Waals surface area contributed by atoms with Gasteiger partial charge in [0.05, 0.1) is 5.41 Å². The van der Waals surface area contributed by atoms with Gasteiger partial charge >= 0.3 is 0 Å². The van der Waals surface area contributed by atoms with E-state index in [4.69, 9.17) is 0 Å². The summed E-state index contributed by atoms with van der Waals surface area (Å²) in [6, 6.07) is 0. The van der Waals surface area contributed by atoms with Crippen molar-refractivity contribution in [1.29, 1.82) is 0 Å². The van der Waals surface area contributed by atoms with E-state index < -0.39 is 5.41 Å². The highest BCUT2D eigenvalue weighted by atomic mass is 16.2. The van der Waals surface area contributed by atoms with Gasteiger partial charge in [-0.1, -0.05) is 12.2 Å². The Morgan fingerprint density at radius 3 is 2.00 bits per heavy atom. The maximum Gasteiger partial charge on any atom is 0.229 e. The average molecular weight is 247 g/mol. The third-order valence-corrected chi connectivity index (χ3v) is 4.26. The van der Waals surface area contributed by atoms with Gasteiger partial charge < -0.3 is 4.90 Å². The van der Waals surface area contributed by atoms with Crippen LogP contribution in [0.25, 0.3) is 0 Å². The molecule has 1 aliphatic heterocycles. The van der Waals surface area contributed by atoms with Crippen LogP contribution < -0.4 is 0 Å². The number of amides is 1. The van der Waals surface area contributed by atoms with E-state index in [1.54, 1.807) is 12.2 Å². The highest BCUT2D eigenvalue weighted by Crippen LogP contribution is 2.51. The largest absolute Gasteiger partial charge is 0.336 e. The maximum absolute atomic E-state index is 12.6. The zero-order valence-corrected chi connectivity index (χ0v) is 11.8. The molecule has 3 heteroatoms. The molecule has 2 rings (SSSR count). The van der Waals surface area contributed by atoms with Crippen molar-refractivity contribution in [3.8, 4) is 0 Å². The minimum atomic E-state index is -0.506. The third kappa shape index (κ3) is 1.64. The Labute approximate surface area is 109 Å². The van der Waals surface area contributed by atoms with Crippen LogP contribution in [0.4, 0.5) is 0 Å². The fraction of sp³-hybridized carbons (Fsp3) is 0.600. The molecule has 0 aromatic rings. The summed E-state index contributed by atoms with van der Waals surface area (Å²) in [4.78, 5) is 25.8. The van der Waals surface area contributed by atoms with Crippen molar-refractivity contribution < 1.29 is 9.59 Å². The van der Waals surface area contributed by atoms with E-state index in [0.29, 0.717) is 6.54 Å². The molecule has 1 saturated heterocycles. The van der Waals surface area contributed by atoms with E-state index in [2.05, 4.69) is 0 Å². The monoisotopic (exact) mass is 247 g/mol. The standard InChI is InChI=1S/C15H21NO2/c1-13(2,3)16-10-15(14(4,5)12(16)18)8-6-11(17)7-9-15/h6-9H,10H2,1-5H3.